The van der Waals surface area contributed by atoms with Gasteiger partial charge in [-0.2, -0.15) is 13.2 Å². The first-order valence-corrected chi connectivity index (χ1v) is 10.4. The highest BCUT2D eigenvalue weighted by molar-refractivity contribution is 5.93. The Hall–Kier alpha value is -4.03. The molecule has 0 saturated carbocycles. The third-order valence-corrected chi connectivity index (χ3v) is 5.42. The number of carbonyl (C=O) groups is 2. The van der Waals surface area contributed by atoms with Crippen molar-refractivity contribution in [2.75, 3.05) is 31.1 Å². The van der Waals surface area contributed by atoms with E-state index in [9.17, 15) is 22.8 Å². The van der Waals surface area contributed by atoms with E-state index in [1.807, 2.05) is 6.07 Å². The number of carboxylic acids is 1. The van der Waals surface area contributed by atoms with Gasteiger partial charge in [-0.15, -0.1) is 15.3 Å². The Labute approximate surface area is 191 Å². The maximum absolute atomic E-state index is 13.8. The zero-order chi connectivity index (χ0) is 24.3. The number of halogens is 3. The highest BCUT2D eigenvalue weighted by atomic mass is 19.4. The number of aryl methyl sites for hydroxylation is 2. The molecule has 34 heavy (non-hydrogen) atoms. The van der Waals surface area contributed by atoms with Crippen LogP contribution in [0.2, 0.25) is 0 Å². The number of anilines is 1. The number of piperazine rings is 1. The largest absolute Gasteiger partial charge is 0.476 e. The Morgan fingerprint density at radius 3 is 2.24 bits per heavy atom. The van der Waals surface area contributed by atoms with Gasteiger partial charge in [-0.25, -0.2) is 9.48 Å². The van der Waals surface area contributed by atoms with E-state index >= 15 is 0 Å². The van der Waals surface area contributed by atoms with Crippen LogP contribution in [0.25, 0.3) is 0 Å². The van der Waals surface area contributed by atoms with Crippen molar-refractivity contribution in [2.24, 2.45) is 0 Å². The lowest BCUT2D eigenvalue weighted by Crippen LogP contribution is -2.49. The monoisotopic (exact) mass is 475 g/mol. The van der Waals surface area contributed by atoms with Crippen LogP contribution in [0.4, 0.5) is 19.0 Å². The molecule has 10 nitrogen and oxygen atoms in total. The molecule has 1 amide bonds. The van der Waals surface area contributed by atoms with Crippen LogP contribution in [0.5, 0.6) is 0 Å². The summed E-state index contributed by atoms with van der Waals surface area (Å²) < 4.78 is 42.2. The van der Waals surface area contributed by atoms with Crippen LogP contribution in [0.1, 0.15) is 32.2 Å². The predicted octanol–water partition coefficient (Wildman–Crippen LogP) is 1.99. The molecule has 0 unspecified atom stereocenters. The van der Waals surface area contributed by atoms with E-state index in [4.69, 9.17) is 5.11 Å². The maximum atomic E-state index is 13.8. The molecule has 0 radical (unpaired) electrons. The molecule has 1 fully saturated rings. The summed E-state index contributed by atoms with van der Waals surface area (Å²) in [5.41, 5.74) is -1.24. The van der Waals surface area contributed by atoms with Crippen LogP contribution in [0, 0.1) is 0 Å². The van der Waals surface area contributed by atoms with Gasteiger partial charge in [-0.1, -0.05) is 35.5 Å². The summed E-state index contributed by atoms with van der Waals surface area (Å²) in [6, 6.07) is 11.8. The number of aromatic nitrogens is 5. The zero-order valence-corrected chi connectivity index (χ0v) is 17.8. The zero-order valence-electron chi connectivity index (χ0n) is 17.8. The lowest BCUT2D eigenvalue weighted by Gasteiger charge is -2.34. The number of rotatable bonds is 6. The maximum Gasteiger partial charge on any atom is 0.435 e. The molecule has 4 rings (SSSR count). The summed E-state index contributed by atoms with van der Waals surface area (Å²) in [6.45, 7) is 0.773. The van der Waals surface area contributed by atoms with Gasteiger partial charge in [-0.3, -0.25) is 4.79 Å². The van der Waals surface area contributed by atoms with E-state index in [1.54, 1.807) is 29.2 Å². The number of benzene rings is 1. The fourth-order valence-corrected chi connectivity index (χ4v) is 3.67. The summed E-state index contributed by atoms with van der Waals surface area (Å²) in [5.74, 6) is -1.63. The molecule has 0 atom stereocenters. The highest BCUT2D eigenvalue weighted by Crippen LogP contribution is 2.32. The molecule has 3 heterocycles. The first-order valence-electron chi connectivity index (χ1n) is 10.4. The van der Waals surface area contributed by atoms with Crippen LogP contribution < -0.4 is 4.90 Å². The molecule has 13 heteroatoms. The van der Waals surface area contributed by atoms with Crippen molar-refractivity contribution in [3.05, 3.63) is 65.1 Å². The minimum Gasteiger partial charge on any atom is -0.476 e. The molecule has 1 aromatic carbocycles. The van der Waals surface area contributed by atoms with Crippen molar-refractivity contribution in [1.29, 1.82) is 0 Å². The van der Waals surface area contributed by atoms with Gasteiger partial charge in [0.1, 0.15) is 0 Å². The topological polar surface area (TPSA) is 117 Å². The molecule has 1 saturated heterocycles. The number of hydrogen-bond acceptors (Lipinski definition) is 7. The van der Waals surface area contributed by atoms with E-state index < -0.39 is 29.4 Å². The van der Waals surface area contributed by atoms with Crippen LogP contribution in [0.15, 0.2) is 42.5 Å². The third-order valence-electron chi connectivity index (χ3n) is 5.42. The predicted molar refractivity (Wildman–Crippen MR) is 112 cm³/mol. The van der Waals surface area contributed by atoms with Gasteiger partial charge in [0.15, 0.2) is 22.9 Å². The number of carboxylic acid groups (broad SMARTS) is 1. The van der Waals surface area contributed by atoms with Crippen molar-refractivity contribution in [3.63, 3.8) is 0 Å². The Balaban J connectivity index is 1.45. The van der Waals surface area contributed by atoms with Crippen molar-refractivity contribution >= 4 is 17.7 Å². The second-order valence-electron chi connectivity index (χ2n) is 7.60. The molecular weight excluding hydrogens is 455 g/mol. The number of hydrogen-bond donors (Lipinski definition) is 1. The fourth-order valence-electron chi connectivity index (χ4n) is 3.67. The first-order chi connectivity index (χ1) is 16.2. The Morgan fingerprint density at radius 1 is 0.941 bits per heavy atom. The molecular formula is C21H20F3N7O3. The van der Waals surface area contributed by atoms with E-state index in [0.29, 0.717) is 12.2 Å². The third kappa shape index (κ3) is 4.97. The van der Waals surface area contributed by atoms with Crippen molar-refractivity contribution in [3.8, 4) is 0 Å². The number of aromatic carboxylic acids is 1. The second kappa shape index (κ2) is 9.45. The van der Waals surface area contributed by atoms with Crippen LogP contribution in [0.3, 0.4) is 0 Å². The average molecular weight is 475 g/mol. The van der Waals surface area contributed by atoms with E-state index in [1.165, 1.54) is 17.0 Å². The van der Waals surface area contributed by atoms with Gasteiger partial charge in [0.05, 0.1) is 0 Å². The minimum absolute atomic E-state index is 0.0715. The van der Waals surface area contributed by atoms with Crippen LogP contribution in [-0.4, -0.2) is 73.3 Å². The number of alkyl halides is 3. The summed E-state index contributed by atoms with van der Waals surface area (Å²) in [5, 5.41) is 23.6. The van der Waals surface area contributed by atoms with E-state index in [2.05, 4.69) is 20.5 Å². The highest BCUT2D eigenvalue weighted by Gasteiger charge is 2.42. The molecule has 0 bridgehead atoms. The summed E-state index contributed by atoms with van der Waals surface area (Å²) in [7, 11) is 0. The van der Waals surface area contributed by atoms with Gasteiger partial charge in [0, 0.05) is 32.7 Å². The number of carbonyl (C=O) groups excluding carboxylic acids is 1. The van der Waals surface area contributed by atoms with Gasteiger partial charge in [-0.05, 0) is 24.1 Å². The SMILES string of the molecule is O=C(O)c1ccc(N2CCN(C(=O)c3nnn(CCc4ccccc4)c3C(F)(F)F)CC2)nn1. The number of amides is 1. The molecule has 1 aliphatic heterocycles. The molecule has 0 spiro atoms. The van der Waals surface area contributed by atoms with Gasteiger partial charge in [0.25, 0.3) is 5.91 Å². The van der Waals surface area contributed by atoms with Crippen molar-refractivity contribution in [1.82, 2.24) is 30.1 Å². The Kier molecular flexibility index (Phi) is 6.43. The smallest absolute Gasteiger partial charge is 0.435 e. The standard InChI is InChI=1S/C21H20F3N7O3/c22-21(23,24)18-17(27-28-31(18)9-8-14-4-2-1-3-5-14)19(32)30-12-10-29(11-13-30)16-7-6-15(20(33)34)25-26-16/h1-7H,8-13H2,(H,33,34). The molecule has 1 aliphatic rings. The van der Waals surface area contributed by atoms with Crippen molar-refractivity contribution in [2.45, 2.75) is 19.1 Å². The molecule has 0 aliphatic carbocycles. The van der Waals surface area contributed by atoms with Gasteiger partial charge in [0.2, 0.25) is 0 Å². The Morgan fingerprint density at radius 2 is 1.65 bits per heavy atom. The normalized spacial score (nSPS) is 14.3. The van der Waals surface area contributed by atoms with Gasteiger partial charge < -0.3 is 14.9 Å². The quantitative estimate of drug-likeness (QED) is 0.575. The Bertz CT molecular complexity index is 1160. The lowest BCUT2D eigenvalue weighted by molar-refractivity contribution is -0.144. The summed E-state index contributed by atoms with van der Waals surface area (Å²) in [6.07, 6.45) is -4.49. The van der Waals surface area contributed by atoms with Crippen LogP contribution >= 0.6 is 0 Å². The lowest BCUT2D eigenvalue weighted by atomic mass is 10.1. The van der Waals surface area contributed by atoms with Gasteiger partial charge >= 0.3 is 12.1 Å². The minimum atomic E-state index is -4.80. The fraction of sp³-hybridized carbons (Fsp3) is 0.333. The van der Waals surface area contributed by atoms with Crippen molar-refractivity contribution < 1.29 is 27.9 Å². The molecule has 2 aromatic heterocycles. The van der Waals surface area contributed by atoms with Crippen LogP contribution in [-0.2, 0) is 19.1 Å². The summed E-state index contributed by atoms with van der Waals surface area (Å²) >= 11 is 0. The van der Waals surface area contributed by atoms with E-state index in [0.717, 1.165) is 10.2 Å². The average Bonchev–Trinajstić information content (AvgIpc) is 3.28. The summed E-state index contributed by atoms with van der Waals surface area (Å²) in [4.78, 5) is 26.9. The molecule has 3 aromatic rings. The van der Waals surface area contributed by atoms with E-state index in [-0.39, 0.29) is 38.4 Å². The number of nitrogens with zero attached hydrogens (tertiary/aromatic N) is 7. The first kappa shape index (κ1) is 23.1. The molecule has 178 valence electrons. The molecule has 1 N–H and O–H groups in total. The second-order valence-corrected chi connectivity index (χ2v) is 7.60.